The minimum atomic E-state index is -0.534. The molecule has 2 aliphatic carbocycles. The minimum absolute atomic E-state index is 0.0427. The van der Waals surface area contributed by atoms with Gasteiger partial charge in [0.1, 0.15) is 0 Å². The van der Waals surface area contributed by atoms with Gasteiger partial charge in [-0.2, -0.15) is 0 Å². The molecule has 63 heavy (non-hydrogen) atoms. The molecule has 0 N–H and O–H groups in total. The first kappa shape index (κ1) is 38.7. The molecular weight excluding hydrogens is 759 g/mol. The lowest BCUT2D eigenvalue weighted by molar-refractivity contribution is 0.589. The van der Waals surface area contributed by atoms with Gasteiger partial charge in [0.15, 0.2) is 0 Å². The summed E-state index contributed by atoms with van der Waals surface area (Å²) in [6.45, 7) is 11.2. The summed E-state index contributed by atoms with van der Waals surface area (Å²) < 4.78 is 0. The van der Waals surface area contributed by atoms with Gasteiger partial charge in [0, 0.05) is 17.1 Å². The average molecular weight is 810 g/mol. The third kappa shape index (κ3) is 5.90. The Morgan fingerprint density at radius 1 is 0.317 bits per heavy atom. The van der Waals surface area contributed by atoms with E-state index in [1.165, 1.54) is 83.5 Å². The maximum Gasteiger partial charge on any atom is 0.0714 e. The van der Waals surface area contributed by atoms with E-state index in [9.17, 15) is 0 Å². The molecule has 1 heteroatoms. The van der Waals surface area contributed by atoms with Crippen LogP contribution in [0.1, 0.15) is 82.0 Å². The number of aryl methyl sites for hydroxylation is 2. The van der Waals surface area contributed by atoms with Gasteiger partial charge >= 0.3 is 0 Å². The van der Waals surface area contributed by atoms with Gasteiger partial charge in [-0.05, 0) is 128 Å². The lowest BCUT2D eigenvalue weighted by Gasteiger charge is -2.36. The van der Waals surface area contributed by atoms with Crippen LogP contribution in [0, 0.1) is 13.8 Å². The number of nitrogens with zero attached hydrogens (tertiary/aromatic N) is 1. The Bertz CT molecular complexity index is 3090. The van der Waals surface area contributed by atoms with E-state index in [0.29, 0.717) is 0 Å². The second kappa shape index (κ2) is 14.7. The van der Waals surface area contributed by atoms with Crippen molar-refractivity contribution in [1.82, 2.24) is 0 Å². The van der Waals surface area contributed by atoms with Crippen LogP contribution in [0.25, 0.3) is 22.3 Å². The topological polar surface area (TPSA) is 3.24 Å². The van der Waals surface area contributed by atoms with Gasteiger partial charge in [-0.15, -0.1) is 0 Å². The van der Waals surface area contributed by atoms with Gasteiger partial charge in [0.2, 0.25) is 0 Å². The lowest BCUT2D eigenvalue weighted by Crippen LogP contribution is -2.29. The molecule has 0 fully saturated rings. The molecule has 0 spiro atoms. The fourth-order valence-electron chi connectivity index (χ4n) is 10.9. The Balaban J connectivity index is 1.18. The molecule has 1 unspecified atom stereocenters. The van der Waals surface area contributed by atoms with Crippen LogP contribution >= 0.6 is 0 Å². The van der Waals surface area contributed by atoms with Crippen LogP contribution in [-0.2, 0) is 16.2 Å². The van der Waals surface area contributed by atoms with Crippen LogP contribution in [-0.4, -0.2) is 0 Å². The number of hydrogen-bond donors (Lipinski definition) is 0. The van der Waals surface area contributed by atoms with Gasteiger partial charge in [-0.3, -0.25) is 0 Å². The number of anilines is 3. The van der Waals surface area contributed by atoms with E-state index in [1.807, 2.05) is 0 Å². The van der Waals surface area contributed by atoms with Crippen molar-refractivity contribution in [3.8, 4) is 22.3 Å². The maximum atomic E-state index is 2.49. The van der Waals surface area contributed by atoms with E-state index in [1.54, 1.807) is 0 Å². The van der Waals surface area contributed by atoms with Gasteiger partial charge in [-0.25, -0.2) is 0 Å². The normalized spacial score (nSPS) is 15.6. The van der Waals surface area contributed by atoms with Crippen molar-refractivity contribution in [2.45, 2.75) is 50.9 Å². The molecule has 1 nitrogen and oxygen atoms in total. The van der Waals surface area contributed by atoms with Crippen molar-refractivity contribution in [3.05, 3.63) is 280 Å². The summed E-state index contributed by atoms with van der Waals surface area (Å²) in [5, 5.41) is 0. The van der Waals surface area contributed by atoms with Gasteiger partial charge < -0.3 is 4.90 Å². The van der Waals surface area contributed by atoms with Crippen molar-refractivity contribution in [3.63, 3.8) is 0 Å². The molecule has 0 saturated heterocycles. The molecule has 0 aliphatic heterocycles. The summed E-state index contributed by atoms with van der Waals surface area (Å²) in [5.74, 6) is 0. The van der Waals surface area contributed by atoms with Gasteiger partial charge in [0.05, 0.1) is 10.8 Å². The van der Waals surface area contributed by atoms with Crippen molar-refractivity contribution in [2.75, 3.05) is 4.90 Å². The van der Waals surface area contributed by atoms with Crippen molar-refractivity contribution >= 4 is 17.1 Å². The predicted octanol–water partition coefficient (Wildman–Crippen LogP) is 15.8. The van der Waals surface area contributed by atoms with E-state index in [2.05, 4.69) is 258 Å². The number of rotatable bonds is 7. The molecule has 0 radical (unpaired) electrons. The third-order valence-corrected chi connectivity index (χ3v) is 13.9. The van der Waals surface area contributed by atoms with Crippen LogP contribution in [0.5, 0.6) is 0 Å². The fraction of sp³-hybridized carbons (Fsp3) is 0.129. The summed E-state index contributed by atoms with van der Waals surface area (Å²) in [6, 6.07) is 82.5. The van der Waals surface area contributed by atoms with Crippen molar-refractivity contribution in [2.24, 2.45) is 0 Å². The summed E-state index contributed by atoms with van der Waals surface area (Å²) in [4.78, 5) is 2.47. The molecule has 2 aliphatic rings. The summed E-state index contributed by atoms with van der Waals surface area (Å²) >= 11 is 0. The van der Waals surface area contributed by atoms with E-state index < -0.39 is 10.8 Å². The molecule has 304 valence electrons. The van der Waals surface area contributed by atoms with Crippen LogP contribution in [0.2, 0.25) is 0 Å². The highest BCUT2D eigenvalue weighted by atomic mass is 15.1. The van der Waals surface area contributed by atoms with Crippen molar-refractivity contribution in [1.29, 1.82) is 0 Å². The first-order chi connectivity index (χ1) is 30.7. The van der Waals surface area contributed by atoms with Gasteiger partial charge in [-0.1, -0.05) is 214 Å². The first-order valence-corrected chi connectivity index (χ1v) is 22.3. The van der Waals surface area contributed by atoms with Crippen LogP contribution in [0.15, 0.2) is 218 Å². The average Bonchev–Trinajstić information content (AvgIpc) is 3.78. The van der Waals surface area contributed by atoms with E-state index >= 15 is 0 Å². The summed E-state index contributed by atoms with van der Waals surface area (Å²) in [5.41, 5.74) is 21.6. The molecule has 1 atom stereocenters. The summed E-state index contributed by atoms with van der Waals surface area (Å²) in [7, 11) is 0. The molecule has 9 aromatic carbocycles. The maximum absolute atomic E-state index is 2.49. The molecule has 0 bridgehead atoms. The molecule has 0 amide bonds. The molecule has 0 aromatic heterocycles. The van der Waals surface area contributed by atoms with E-state index in [-0.39, 0.29) is 5.41 Å². The Morgan fingerprint density at radius 3 is 1.13 bits per heavy atom. The number of para-hydroxylation sites is 1. The van der Waals surface area contributed by atoms with Crippen molar-refractivity contribution < 1.29 is 0 Å². The van der Waals surface area contributed by atoms with E-state index in [0.717, 1.165) is 17.1 Å². The SMILES string of the molecule is Cc1ccc(C2(c3ccc(C)cc3)c3ccccc3-c3ccc(N(c4ccccc4)c4ccc5c(c4)C(c4ccccc4)(c4ccc(C(C)(C)C)cc4)c4ccccc4-5)cc32)cc1. The Labute approximate surface area is 373 Å². The monoisotopic (exact) mass is 809 g/mol. The summed E-state index contributed by atoms with van der Waals surface area (Å²) in [6.07, 6.45) is 0. The third-order valence-electron chi connectivity index (χ3n) is 13.9. The smallest absolute Gasteiger partial charge is 0.0714 e. The largest absolute Gasteiger partial charge is 0.310 e. The zero-order valence-electron chi connectivity index (χ0n) is 36.7. The Hall–Kier alpha value is -7.22. The zero-order chi connectivity index (χ0) is 42.9. The molecule has 0 saturated carbocycles. The molecular formula is C62H51N. The highest BCUT2D eigenvalue weighted by Gasteiger charge is 2.48. The van der Waals surface area contributed by atoms with E-state index in [4.69, 9.17) is 0 Å². The second-order valence-electron chi connectivity index (χ2n) is 18.6. The quantitative estimate of drug-likeness (QED) is 0.155. The molecule has 9 aromatic rings. The zero-order valence-corrected chi connectivity index (χ0v) is 36.7. The van der Waals surface area contributed by atoms with Crippen LogP contribution in [0.3, 0.4) is 0 Å². The minimum Gasteiger partial charge on any atom is -0.310 e. The standard InChI is InChI=1S/C62H51N/c1-42-24-28-46(29-25-42)62(47-30-26-43(2)27-31-47)57-23-15-13-21-53(57)55-39-37-51(41-59(55)62)63(49-18-10-7-11-19-49)50-36-38-54-52-20-12-14-22-56(52)61(58(54)40-50,45-16-8-6-9-17-45)48-34-32-44(33-35-48)60(3,4)5/h6-41H,1-5H3. The Morgan fingerprint density at radius 2 is 0.683 bits per heavy atom. The lowest BCUT2D eigenvalue weighted by atomic mass is 9.67. The fourth-order valence-corrected chi connectivity index (χ4v) is 10.9. The molecule has 0 heterocycles. The highest BCUT2D eigenvalue weighted by Crippen LogP contribution is 2.59. The predicted molar refractivity (Wildman–Crippen MR) is 264 cm³/mol. The first-order valence-electron chi connectivity index (χ1n) is 22.3. The van der Waals surface area contributed by atoms with Crippen LogP contribution in [0.4, 0.5) is 17.1 Å². The van der Waals surface area contributed by atoms with Crippen LogP contribution < -0.4 is 4.90 Å². The highest BCUT2D eigenvalue weighted by molar-refractivity contribution is 5.92. The number of fused-ring (bicyclic) bond motifs is 6. The second-order valence-corrected chi connectivity index (χ2v) is 18.6. The number of hydrogen-bond acceptors (Lipinski definition) is 1. The Kier molecular flexibility index (Phi) is 9.03. The van der Waals surface area contributed by atoms with Gasteiger partial charge in [0.25, 0.3) is 0 Å². The number of benzene rings is 9. The molecule has 11 rings (SSSR count).